The topological polar surface area (TPSA) is 50.2 Å². The first-order valence-corrected chi connectivity index (χ1v) is 9.02. The Labute approximate surface area is 166 Å². The largest absolute Gasteiger partial charge is 0.245 e. The third kappa shape index (κ3) is 4.08. The molecule has 132 valence electrons. The lowest BCUT2D eigenvalue weighted by atomic mass is 10.1. The number of nitrogens with one attached hydrogen (secondary N) is 1. The molecule has 4 aromatic rings. The van der Waals surface area contributed by atoms with Gasteiger partial charge in [0.05, 0.1) is 17.4 Å². The first-order chi connectivity index (χ1) is 13.2. The van der Waals surface area contributed by atoms with Crippen molar-refractivity contribution >= 4 is 46.3 Å². The van der Waals surface area contributed by atoms with Gasteiger partial charge in [0.1, 0.15) is 0 Å². The fourth-order valence-corrected chi connectivity index (χ4v) is 2.98. The summed E-state index contributed by atoms with van der Waals surface area (Å²) in [4.78, 5) is 9.17. The molecule has 0 spiro atoms. The van der Waals surface area contributed by atoms with Gasteiger partial charge < -0.3 is 0 Å². The van der Waals surface area contributed by atoms with E-state index in [9.17, 15) is 0 Å². The first kappa shape index (κ1) is 17.5. The minimum absolute atomic E-state index is 0.411. The van der Waals surface area contributed by atoms with Crippen molar-refractivity contribution in [2.45, 2.75) is 0 Å². The molecule has 0 bridgehead atoms. The van der Waals surface area contributed by atoms with E-state index in [0.29, 0.717) is 16.0 Å². The molecule has 4 nitrogen and oxygen atoms in total. The van der Waals surface area contributed by atoms with Crippen LogP contribution in [0.2, 0.25) is 10.0 Å². The van der Waals surface area contributed by atoms with Crippen LogP contribution in [0.3, 0.4) is 0 Å². The SMILES string of the molecule is Clc1ccc(C=NNc2nc(-c3ccccc3)c3cc(Cl)ccc3n2)cc1. The van der Waals surface area contributed by atoms with E-state index in [2.05, 4.69) is 20.5 Å². The fourth-order valence-electron chi connectivity index (χ4n) is 2.68. The molecule has 1 N–H and O–H groups in total. The highest BCUT2D eigenvalue weighted by molar-refractivity contribution is 6.31. The van der Waals surface area contributed by atoms with Gasteiger partial charge in [-0.15, -0.1) is 0 Å². The molecular weight excluding hydrogens is 379 g/mol. The number of hydrogen-bond donors (Lipinski definition) is 1. The van der Waals surface area contributed by atoms with E-state index in [4.69, 9.17) is 23.2 Å². The van der Waals surface area contributed by atoms with E-state index >= 15 is 0 Å². The second kappa shape index (κ2) is 7.74. The summed E-state index contributed by atoms with van der Waals surface area (Å²) in [5.41, 5.74) is 6.40. The summed E-state index contributed by atoms with van der Waals surface area (Å²) >= 11 is 12.1. The highest BCUT2D eigenvalue weighted by atomic mass is 35.5. The quantitative estimate of drug-likeness (QED) is 0.339. The minimum Gasteiger partial charge on any atom is -0.245 e. The number of hydrazone groups is 1. The maximum atomic E-state index is 6.18. The molecule has 1 heterocycles. The van der Waals surface area contributed by atoms with Crippen LogP contribution in [0, 0.1) is 0 Å². The maximum absolute atomic E-state index is 6.18. The first-order valence-electron chi connectivity index (χ1n) is 8.26. The van der Waals surface area contributed by atoms with Crippen LogP contribution in [0.25, 0.3) is 22.2 Å². The Morgan fingerprint density at radius 2 is 1.56 bits per heavy atom. The van der Waals surface area contributed by atoms with E-state index in [0.717, 1.165) is 27.7 Å². The average Bonchev–Trinajstić information content (AvgIpc) is 2.70. The Hall–Kier alpha value is -2.95. The summed E-state index contributed by atoms with van der Waals surface area (Å²) in [6, 6.07) is 22.9. The number of aromatic nitrogens is 2. The lowest BCUT2D eigenvalue weighted by Gasteiger charge is -2.09. The van der Waals surface area contributed by atoms with Gasteiger partial charge in [-0.2, -0.15) is 5.10 Å². The van der Waals surface area contributed by atoms with Crippen molar-refractivity contribution in [3.8, 4) is 11.3 Å². The van der Waals surface area contributed by atoms with Crippen LogP contribution < -0.4 is 5.43 Å². The van der Waals surface area contributed by atoms with E-state index in [-0.39, 0.29) is 0 Å². The van der Waals surface area contributed by atoms with Gasteiger partial charge in [0.15, 0.2) is 0 Å². The van der Waals surface area contributed by atoms with E-state index in [1.165, 1.54) is 0 Å². The molecule has 0 saturated heterocycles. The van der Waals surface area contributed by atoms with Crippen LogP contribution in [-0.4, -0.2) is 16.2 Å². The van der Waals surface area contributed by atoms with E-state index in [1.807, 2.05) is 72.8 Å². The van der Waals surface area contributed by atoms with Crippen molar-refractivity contribution in [3.63, 3.8) is 0 Å². The van der Waals surface area contributed by atoms with Crippen molar-refractivity contribution in [2.75, 3.05) is 5.43 Å². The smallest absolute Gasteiger partial charge is 0.244 e. The molecule has 0 atom stereocenters. The number of fused-ring (bicyclic) bond motifs is 1. The molecule has 1 aromatic heterocycles. The second-order valence-corrected chi connectivity index (χ2v) is 6.72. The van der Waals surface area contributed by atoms with Gasteiger partial charge in [-0.05, 0) is 35.9 Å². The molecule has 0 radical (unpaired) electrons. The van der Waals surface area contributed by atoms with Gasteiger partial charge in [0, 0.05) is 21.0 Å². The molecule has 27 heavy (non-hydrogen) atoms. The predicted octanol–water partition coefficient (Wildman–Crippen LogP) is 6.05. The van der Waals surface area contributed by atoms with Crippen LogP contribution in [-0.2, 0) is 0 Å². The summed E-state index contributed by atoms with van der Waals surface area (Å²) in [7, 11) is 0. The Morgan fingerprint density at radius 3 is 2.33 bits per heavy atom. The molecule has 4 rings (SSSR count). The number of hydrogen-bond acceptors (Lipinski definition) is 4. The molecule has 3 aromatic carbocycles. The summed E-state index contributed by atoms with van der Waals surface area (Å²) < 4.78 is 0. The van der Waals surface area contributed by atoms with Crippen molar-refractivity contribution in [3.05, 3.63) is 88.4 Å². The van der Waals surface area contributed by atoms with Gasteiger partial charge in [-0.1, -0.05) is 65.7 Å². The maximum Gasteiger partial charge on any atom is 0.244 e. The monoisotopic (exact) mass is 392 g/mol. The van der Waals surface area contributed by atoms with Crippen molar-refractivity contribution < 1.29 is 0 Å². The summed E-state index contributed by atoms with van der Waals surface area (Å²) in [6.45, 7) is 0. The zero-order chi connectivity index (χ0) is 18.6. The normalized spacial score (nSPS) is 11.2. The summed E-state index contributed by atoms with van der Waals surface area (Å²) in [5.74, 6) is 0.411. The lowest BCUT2D eigenvalue weighted by molar-refractivity contribution is 1.16. The number of anilines is 1. The summed E-state index contributed by atoms with van der Waals surface area (Å²) in [6.07, 6.45) is 1.69. The van der Waals surface area contributed by atoms with Crippen molar-refractivity contribution in [1.29, 1.82) is 0 Å². The van der Waals surface area contributed by atoms with Gasteiger partial charge in [0.2, 0.25) is 5.95 Å². The molecule has 0 amide bonds. The third-order valence-corrected chi connectivity index (χ3v) is 4.44. The van der Waals surface area contributed by atoms with Crippen LogP contribution >= 0.6 is 23.2 Å². The predicted molar refractivity (Wildman–Crippen MR) is 113 cm³/mol. The standard InChI is InChI=1S/C21H14Cl2N4/c22-16-8-6-14(7-9-16)13-24-27-21-25-19-11-10-17(23)12-18(19)20(26-21)15-4-2-1-3-5-15/h1-13H,(H,25,26,27). The molecule has 0 unspecified atom stereocenters. The van der Waals surface area contributed by atoms with Crippen LogP contribution in [0.15, 0.2) is 77.9 Å². The van der Waals surface area contributed by atoms with Crippen molar-refractivity contribution in [1.82, 2.24) is 9.97 Å². The highest BCUT2D eigenvalue weighted by Gasteiger charge is 2.10. The van der Waals surface area contributed by atoms with Crippen LogP contribution in [0.5, 0.6) is 0 Å². The molecule has 0 fully saturated rings. The minimum atomic E-state index is 0.411. The Balaban J connectivity index is 1.71. The second-order valence-electron chi connectivity index (χ2n) is 5.84. The van der Waals surface area contributed by atoms with Gasteiger partial charge in [-0.25, -0.2) is 15.4 Å². The number of benzene rings is 3. The zero-order valence-corrected chi connectivity index (χ0v) is 15.6. The molecular formula is C21H14Cl2N4. The average molecular weight is 393 g/mol. The van der Waals surface area contributed by atoms with Gasteiger partial charge >= 0.3 is 0 Å². The Morgan fingerprint density at radius 1 is 0.815 bits per heavy atom. The Kier molecular flexibility index (Phi) is 5.01. The molecule has 6 heteroatoms. The highest BCUT2D eigenvalue weighted by Crippen LogP contribution is 2.29. The Bertz CT molecular complexity index is 1110. The van der Waals surface area contributed by atoms with Crippen molar-refractivity contribution in [2.24, 2.45) is 5.10 Å². The van der Waals surface area contributed by atoms with Crippen LogP contribution in [0.1, 0.15) is 5.56 Å². The van der Waals surface area contributed by atoms with Gasteiger partial charge in [-0.3, -0.25) is 0 Å². The van der Waals surface area contributed by atoms with E-state index < -0.39 is 0 Å². The third-order valence-electron chi connectivity index (χ3n) is 3.95. The summed E-state index contributed by atoms with van der Waals surface area (Å²) in [5, 5.41) is 6.45. The zero-order valence-electron chi connectivity index (χ0n) is 14.1. The molecule has 0 aliphatic rings. The lowest BCUT2D eigenvalue weighted by Crippen LogP contribution is -1.99. The molecule has 0 aliphatic heterocycles. The fraction of sp³-hybridized carbons (Fsp3) is 0. The molecule has 0 aliphatic carbocycles. The number of halogens is 2. The van der Waals surface area contributed by atoms with E-state index in [1.54, 1.807) is 6.21 Å². The van der Waals surface area contributed by atoms with Gasteiger partial charge in [0.25, 0.3) is 0 Å². The van der Waals surface area contributed by atoms with Crippen LogP contribution in [0.4, 0.5) is 5.95 Å². The number of rotatable bonds is 4. The number of nitrogens with zero attached hydrogens (tertiary/aromatic N) is 3. The molecule has 0 saturated carbocycles.